The van der Waals surface area contributed by atoms with E-state index in [1.54, 1.807) is 17.8 Å². The summed E-state index contributed by atoms with van der Waals surface area (Å²) in [7, 11) is -16.2. The third-order valence-corrected chi connectivity index (χ3v) is 10.3. The molecule has 5 heterocycles. The second kappa shape index (κ2) is 12.0. The summed E-state index contributed by atoms with van der Waals surface area (Å²) in [5.41, 5.74) is 7.83. The molecular formula is C18H23N8O14P3S-2. The second-order valence-corrected chi connectivity index (χ2v) is 14.0. The highest BCUT2D eigenvalue weighted by Crippen LogP contribution is 2.61. The van der Waals surface area contributed by atoms with Crippen LogP contribution in [0.2, 0.25) is 0 Å². The third-order valence-electron chi connectivity index (χ3n) is 6.27. The quantitative estimate of drug-likeness (QED) is 0.0772. The van der Waals surface area contributed by atoms with Crippen LogP contribution >= 0.6 is 35.7 Å². The van der Waals surface area contributed by atoms with Crippen LogP contribution in [0.25, 0.3) is 11.2 Å². The molecule has 6 N–H and O–H groups in total. The molecule has 0 spiro atoms. The number of imidazole rings is 1. The number of phosphoric acid groups is 3. The summed E-state index contributed by atoms with van der Waals surface area (Å²) >= 11 is 5.21. The van der Waals surface area contributed by atoms with Crippen LogP contribution in [0.1, 0.15) is 17.6 Å². The Hall–Kier alpha value is -2.46. The molecule has 2 fully saturated rings. The van der Waals surface area contributed by atoms with Gasteiger partial charge in [-0.05, 0) is 13.0 Å². The minimum absolute atomic E-state index is 0.0315. The van der Waals surface area contributed by atoms with Gasteiger partial charge in [0.1, 0.15) is 18.3 Å². The largest absolute Gasteiger partial charge is 0.756 e. The Kier molecular flexibility index (Phi) is 9.01. The molecule has 26 heteroatoms. The average Bonchev–Trinajstić information content (AvgIpc) is 3.63. The molecule has 242 valence electrons. The number of nitrogens with one attached hydrogen (secondary N) is 3. The van der Waals surface area contributed by atoms with E-state index in [2.05, 4.69) is 38.5 Å². The maximum absolute atomic E-state index is 12.9. The van der Waals surface area contributed by atoms with Gasteiger partial charge in [0.2, 0.25) is 18.0 Å². The number of aryl methyl sites for hydroxylation is 2. The van der Waals surface area contributed by atoms with Crippen LogP contribution in [0.4, 0.5) is 5.95 Å². The number of rotatable bonds is 11. The highest BCUT2D eigenvalue weighted by molar-refractivity contribution is 7.71. The normalized spacial score (nSPS) is 27.5. The van der Waals surface area contributed by atoms with Crippen molar-refractivity contribution in [1.82, 2.24) is 30.0 Å². The fourth-order valence-electron chi connectivity index (χ4n) is 4.45. The molecule has 3 aromatic heterocycles. The number of hydrogen-bond acceptors (Lipinski definition) is 17. The Morgan fingerprint density at radius 2 is 1.93 bits per heavy atom. The molecule has 5 rings (SSSR count). The maximum atomic E-state index is 12.9. The Morgan fingerprint density at radius 3 is 2.59 bits per heavy atom. The van der Waals surface area contributed by atoms with E-state index in [1.807, 2.05) is 6.92 Å². The van der Waals surface area contributed by atoms with Crippen LogP contribution in [-0.4, -0.2) is 66.7 Å². The lowest BCUT2D eigenvalue weighted by atomic mass is 10.1. The van der Waals surface area contributed by atoms with Crippen molar-refractivity contribution < 1.29 is 70.0 Å². The van der Waals surface area contributed by atoms with E-state index < -0.39 is 66.8 Å². The summed E-state index contributed by atoms with van der Waals surface area (Å²) < 4.78 is 66.6. The van der Waals surface area contributed by atoms with Crippen molar-refractivity contribution in [3.63, 3.8) is 0 Å². The predicted molar refractivity (Wildman–Crippen MR) is 136 cm³/mol. The molecule has 2 saturated heterocycles. The third kappa shape index (κ3) is 7.33. The number of hydrogen-bond donors (Lipinski definition) is 5. The Labute approximate surface area is 250 Å². The molecule has 22 nitrogen and oxygen atoms in total. The molecular weight excluding hydrogens is 677 g/mol. The first-order chi connectivity index (χ1) is 20.4. The van der Waals surface area contributed by atoms with Gasteiger partial charge in [-0.25, -0.2) is 18.2 Å². The molecule has 1 amide bonds. The number of nitrogens with two attached hydrogens (primary N) is 1. The molecule has 0 bridgehead atoms. The van der Waals surface area contributed by atoms with E-state index in [1.165, 1.54) is 10.9 Å². The molecule has 2 aliphatic rings. The first-order valence-electron chi connectivity index (χ1n) is 12.2. The monoisotopic (exact) mass is 700 g/mol. The van der Waals surface area contributed by atoms with E-state index in [9.17, 15) is 33.2 Å². The first-order valence-corrected chi connectivity index (χ1v) is 17.0. The number of nitrogens with zero attached hydrogens (tertiary/aromatic N) is 4. The zero-order chi connectivity index (χ0) is 32.2. The number of nitrogen functional groups attached to an aromatic ring is 1. The van der Waals surface area contributed by atoms with Gasteiger partial charge in [-0.2, -0.15) is 10.1 Å². The Bertz CT molecular complexity index is 1770. The van der Waals surface area contributed by atoms with Crippen LogP contribution in [0, 0.1) is 11.6 Å². The molecule has 8 atom stereocenters. The van der Waals surface area contributed by atoms with Gasteiger partial charge < -0.3 is 49.4 Å². The van der Waals surface area contributed by atoms with Crippen LogP contribution in [0.15, 0.2) is 12.4 Å². The van der Waals surface area contributed by atoms with Gasteiger partial charge in [0.15, 0.2) is 11.0 Å². The minimum atomic E-state index is -6.14. The zero-order valence-electron chi connectivity index (χ0n) is 22.3. The lowest BCUT2D eigenvalue weighted by Crippen LogP contribution is -2.46. The van der Waals surface area contributed by atoms with Gasteiger partial charge in [0.25, 0.3) is 41.0 Å². The number of carbonyl (C=O) groups is 1. The van der Waals surface area contributed by atoms with E-state index in [-0.39, 0.29) is 22.8 Å². The summed E-state index contributed by atoms with van der Waals surface area (Å²) in [5, 5.41) is 6.87. The summed E-state index contributed by atoms with van der Waals surface area (Å²) in [4.78, 5) is 65.6. The van der Waals surface area contributed by atoms with Gasteiger partial charge in [-0.15, -0.1) is 0 Å². The highest BCUT2D eigenvalue weighted by Gasteiger charge is 2.57. The lowest BCUT2D eigenvalue weighted by Gasteiger charge is -2.33. The standard InChI is InChI=1S/C18H25N8O14P3S/c1-7-3-8(24-25(7)2)4-20-14(27)17-37-11-9(5-35-42(31,32)40-43(33,34)39-41(28,29)30)36-16(12(11)38-17)26-6-21-10-13(26)22-18(19)23-15(10)44/h3,6,9,11-12,16-17H,4-5H2,1-2H3,(H8,19,20,22,23,27,28,29,30,31,32,33,34,44)/p-2. The number of H-pyrrole nitrogens is 2. The molecule has 2 aliphatic heterocycles. The van der Waals surface area contributed by atoms with E-state index >= 15 is 0 Å². The maximum Gasteiger partial charge on any atom is 0.280 e. The first kappa shape index (κ1) is 32.9. The number of fused-ring (bicyclic) bond motifs is 2. The van der Waals surface area contributed by atoms with Crippen LogP contribution < -0.4 is 30.3 Å². The van der Waals surface area contributed by atoms with Crippen LogP contribution in [0.3, 0.4) is 0 Å². The van der Waals surface area contributed by atoms with Gasteiger partial charge in [-0.1, -0.05) is 12.2 Å². The molecule has 0 aromatic carbocycles. The predicted octanol–water partition coefficient (Wildman–Crippen LogP) is -2.70. The summed E-state index contributed by atoms with van der Waals surface area (Å²) in [5.74, 6) is -0.749. The summed E-state index contributed by atoms with van der Waals surface area (Å²) in [6, 6.07) is 1.76. The number of aromatic nitrogens is 6. The van der Waals surface area contributed by atoms with Crippen molar-refractivity contribution in [2.75, 3.05) is 12.3 Å². The summed E-state index contributed by atoms with van der Waals surface area (Å²) in [6.45, 7) is 0.886. The molecule has 0 saturated carbocycles. The number of carbonyl (C=O) groups excluding carboxylic acids is 1. The van der Waals surface area contributed by atoms with E-state index in [4.69, 9.17) is 37.1 Å². The van der Waals surface area contributed by atoms with Gasteiger partial charge in [0.05, 0.1) is 18.8 Å². The molecule has 0 radical (unpaired) electrons. The summed E-state index contributed by atoms with van der Waals surface area (Å²) in [6.07, 6.45) is -4.90. The smallest absolute Gasteiger partial charge is 0.280 e. The molecule has 0 aliphatic carbocycles. The van der Waals surface area contributed by atoms with Crippen molar-refractivity contribution in [2.24, 2.45) is 7.05 Å². The van der Waals surface area contributed by atoms with Crippen molar-refractivity contribution in [1.29, 1.82) is 0 Å². The van der Waals surface area contributed by atoms with Gasteiger partial charge in [0, 0.05) is 12.7 Å². The number of aromatic amines is 2. The van der Waals surface area contributed by atoms with Crippen molar-refractivity contribution >= 4 is 58.7 Å². The van der Waals surface area contributed by atoms with Crippen molar-refractivity contribution in [3.8, 4) is 0 Å². The highest BCUT2D eigenvalue weighted by atomic mass is 32.1. The molecule has 8 unspecified atom stereocenters. The minimum Gasteiger partial charge on any atom is -0.756 e. The SMILES string of the molecule is Cc1cc(CNC(=O)C2OC3C(COP(=O)([O-])OP(=O)([O-])OP(=O)([O-])O)OC([n+]4c[nH]c5c(=S)nc(N)[nH]c54)C3O2)nn1C. The number of phosphoric ester groups is 1. The van der Waals surface area contributed by atoms with Crippen molar-refractivity contribution in [3.05, 3.63) is 28.4 Å². The van der Waals surface area contributed by atoms with Gasteiger partial charge in [-0.3, -0.25) is 28.2 Å². The van der Waals surface area contributed by atoms with Crippen LogP contribution in [0.5, 0.6) is 0 Å². The topological polar surface area (TPSA) is 317 Å². The molecule has 3 aromatic rings. The number of amides is 1. The number of ether oxygens (including phenoxy) is 3. The Balaban J connectivity index is 1.35. The van der Waals surface area contributed by atoms with Crippen LogP contribution in [-0.2, 0) is 59.4 Å². The van der Waals surface area contributed by atoms with Gasteiger partial charge >= 0.3 is 0 Å². The molecule has 44 heavy (non-hydrogen) atoms. The average molecular weight is 700 g/mol. The zero-order valence-corrected chi connectivity index (χ0v) is 25.8. The number of anilines is 1. The van der Waals surface area contributed by atoms with E-state index in [0.717, 1.165) is 5.69 Å². The van der Waals surface area contributed by atoms with Crippen molar-refractivity contribution in [2.45, 2.75) is 44.3 Å². The lowest BCUT2D eigenvalue weighted by molar-refractivity contribution is -0.745. The fourth-order valence-corrected chi connectivity index (χ4v) is 7.60. The fraction of sp³-hybridized carbons (Fsp3) is 0.500. The Morgan fingerprint density at radius 1 is 1.23 bits per heavy atom. The van der Waals surface area contributed by atoms with E-state index in [0.29, 0.717) is 11.2 Å². The second-order valence-electron chi connectivity index (χ2n) is 9.37.